The number of aromatic nitrogens is 3. The lowest BCUT2D eigenvalue weighted by Crippen LogP contribution is -1.93. The average Bonchev–Trinajstić information content (AvgIpc) is 2.93. The summed E-state index contributed by atoms with van der Waals surface area (Å²) in [5.41, 5.74) is 2.19. The minimum Gasteiger partial charge on any atom is -0.508 e. The molecule has 0 aliphatic carbocycles. The molecular weight excluding hydrogens is 266 g/mol. The average molecular weight is 281 g/mol. The molecule has 0 aliphatic rings. The van der Waals surface area contributed by atoms with E-state index >= 15 is 0 Å². The number of nitrogens with zero attached hydrogens (tertiary/aromatic N) is 3. The summed E-state index contributed by atoms with van der Waals surface area (Å²) < 4.78 is 1.60. The van der Waals surface area contributed by atoms with Crippen LogP contribution in [-0.2, 0) is 4.79 Å². The quantitative estimate of drug-likeness (QED) is 0.676. The molecule has 1 aromatic heterocycles. The largest absolute Gasteiger partial charge is 0.508 e. The number of hydrogen-bond acceptors (Lipinski definition) is 4. The molecule has 1 heterocycles. The fourth-order valence-corrected chi connectivity index (χ4v) is 1.67. The van der Waals surface area contributed by atoms with Gasteiger partial charge >= 0.3 is 0 Å². The van der Waals surface area contributed by atoms with Gasteiger partial charge in [-0.1, -0.05) is 30.0 Å². The smallest absolute Gasteiger partial charge is 0.152 e. The molecule has 0 aliphatic heterocycles. The highest BCUT2D eigenvalue weighted by Crippen LogP contribution is 2.16. The zero-order valence-electron chi connectivity index (χ0n) is 11.6. The summed E-state index contributed by atoms with van der Waals surface area (Å²) in [6.07, 6.45) is 8.27. The number of hydrogen-bond donors (Lipinski definition) is 1. The number of rotatable bonds is 5. The predicted octanol–water partition coefficient (Wildman–Crippen LogP) is 2.69. The lowest BCUT2D eigenvalue weighted by molar-refractivity contribution is -0.112. The maximum Gasteiger partial charge on any atom is 0.152 e. The number of ketones is 1. The highest BCUT2D eigenvalue weighted by Gasteiger charge is 2.05. The lowest BCUT2D eigenvalue weighted by atomic mass is 10.2. The van der Waals surface area contributed by atoms with E-state index in [9.17, 15) is 9.90 Å². The molecule has 1 aromatic carbocycles. The van der Waals surface area contributed by atoms with E-state index in [1.807, 2.05) is 0 Å². The molecule has 5 nitrogen and oxygen atoms in total. The molecule has 0 atom stereocenters. The van der Waals surface area contributed by atoms with Gasteiger partial charge in [0, 0.05) is 5.57 Å². The van der Waals surface area contributed by atoms with Crippen molar-refractivity contribution < 1.29 is 9.90 Å². The van der Waals surface area contributed by atoms with Crippen LogP contribution in [-0.4, -0.2) is 25.9 Å². The van der Waals surface area contributed by atoms with Crippen molar-refractivity contribution in [2.75, 3.05) is 0 Å². The van der Waals surface area contributed by atoms with Gasteiger partial charge in [-0.2, -0.15) is 0 Å². The number of phenolic OH excluding ortho intramolecular Hbond substituents is 1. The highest BCUT2D eigenvalue weighted by molar-refractivity contribution is 5.88. The predicted molar refractivity (Wildman–Crippen MR) is 81.0 cm³/mol. The minimum absolute atomic E-state index is 0.0255. The Balaban J connectivity index is 2.27. The summed E-state index contributed by atoms with van der Waals surface area (Å²) in [6, 6.07) is 6.63. The van der Waals surface area contributed by atoms with Gasteiger partial charge in [-0.3, -0.25) is 4.79 Å². The summed E-state index contributed by atoms with van der Waals surface area (Å²) in [6.45, 7) is 5.22. The van der Waals surface area contributed by atoms with E-state index in [1.54, 1.807) is 53.4 Å². The Bertz CT molecular complexity index is 709. The monoisotopic (exact) mass is 281 g/mol. The minimum atomic E-state index is -0.0255. The molecule has 0 saturated heterocycles. The third-order valence-corrected chi connectivity index (χ3v) is 2.73. The molecule has 0 saturated carbocycles. The van der Waals surface area contributed by atoms with Crippen LogP contribution in [0.25, 0.3) is 11.3 Å². The number of carbonyl (C=O) groups is 1. The second-order valence-corrected chi connectivity index (χ2v) is 4.36. The first-order valence-electron chi connectivity index (χ1n) is 6.33. The normalized spacial score (nSPS) is 11.8. The number of carbonyl (C=O) groups excluding carboxylic acids is 1. The Morgan fingerprint density at radius 2 is 2.05 bits per heavy atom. The first kappa shape index (κ1) is 14.5. The van der Waals surface area contributed by atoms with Crippen LogP contribution < -0.4 is 0 Å². The number of aromatic hydroxyl groups is 1. The lowest BCUT2D eigenvalue weighted by Gasteiger charge is -1.99. The van der Waals surface area contributed by atoms with Gasteiger partial charge in [-0.15, -0.1) is 5.10 Å². The molecule has 0 spiro atoms. The van der Waals surface area contributed by atoms with Crippen LogP contribution >= 0.6 is 0 Å². The van der Waals surface area contributed by atoms with Crippen molar-refractivity contribution in [3.63, 3.8) is 0 Å². The fourth-order valence-electron chi connectivity index (χ4n) is 1.67. The van der Waals surface area contributed by atoms with Crippen molar-refractivity contribution in [2.24, 2.45) is 0 Å². The SMILES string of the molecule is C=C/C(=C\C=C\C(C)=O)c1cn(-c2ccc(O)cc2)nn1. The van der Waals surface area contributed by atoms with Crippen LogP contribution in [0.2, 0.25) is 0 Å². The summed E-state index contributed by atoms with van der Waals surface area (Å²) in [5.74, 6) is 0.169. The third-order valence-electron chi connectivity index (χ3n) is 2.73. The van der Waals surface area contributed by atoms with Gasteiger partial charge in [0.05, 0.1) is 11.9 Å². The van der Waals surface area contributed by atoms with Gasteiger partial charge in [0.2, 0.25) is 0 Å². The van der Waals surface area contributed by atoms with E-state index in [-0.39, 0.29) is 11.5 Å². The van der Waals surface area contributed by atoms with Crippen LogP contribution in [0.4, 0.5) is 0 Å². The van der Waals surface area contributed by atoms with Crippen molar-refractivity contribution in [3.05, 3.63) is 67.0 Å². The second kappa shape index (κ2) is 6.47. The number of allylic oxidation sites excluding steroid dienone is 5. The molecule has 0 fully saturated rings. The van der Waals surface area contributed by atoms with Crippen LogP contribution in [0.3, 0.4) is 0 Å². The van der Waals surface area contributed by atoms with Crippen LogP contribution in [0.15, 0.2) is 61.3 Å². The van der Waals surface area contributed by atoms with Gasteiger partial charge < -0.3 is 5.11 Å². The third kappa shape index (κ3) is 3.76. The standard InChI is InChI=1S/C16H15N3O2/c1-3-13(6-4-5-12(2)20)16-11-19(18-17-16)14-7-9-15(21)10-8-14/h3-11,21H,1H2,2H3/b5-4+,13-6+. The first-order valence-corrected chi connectivity index (χ1v) is 6.33. The zero-order valence-corrected chi connectivity index (χ0v) is 11.6. The topological polar surface area (TPSA) is 68.0 Å². The second-order valence-electron chi connectivity index (χ2n) is 4.36. The Morgan fingerprint density at radius 1 is 1.33 bits per heavy atom. The van der Waals surface area contributed by atoms with E-state index in [4.69, 9.17) is 0 Å². The molecule has 106 valence electrons. The van der Waals surface area contributed by atoms with E-state index in [1.165, 1.54) is 13.0 Å². The maximum absolute atomic E-state index is 10.9. The Kier molecular flexibility index (Phi) is 4.46. The molecule has 2 rings (SSSR count). The summed E-state index contributed by atoms with van der Waals surface area (Å²) in [4.78, 5) is 10.9. The van der Waals surface area contributed by atoms with Gasteiger partial charge in [-0.05, 0) is 37.3 Å². The van der Waals surface area contributed by atoms with Crippen molar-refractivity contribution in [2.45, 2.75) is 6.92 Å². The number of phenols is 1. The molecule has 0 radical (unpaired) electrons. The Hall–Kier alpha value is -2.95. The highest BCUT2D eigenvalue weighted by atomic mass is 16.3. The Labute approximate surface area is 122 Å². The molecule has 2 aromatic rings. The molecule has 1 N–H and O–H groups in total. The van der Waals surface area contributed by atoms with Crippen molar-refractivity contribution >= 4 is 11.4 Å². The van der Waals surface area contributed by atoms with Gasteiger partial charge in [-0.25, -0.2) is 4.68 Å². The summed E-state index contributed by atoms with van der Waals surface area (Å²) >= 11 is 0. The van der Waals surface area contributed by atoms with Gasteiger partial charge in [0.15, 0.2) is 5.78 Å². The fraction of sp³-hybridized carbons (Fsp3) is 0.0625. The van der Waals surface area contributed by atoms with Crippen molar-refractivity contribution in [1.29, 1.82) is 0 Å². The van der Waals surface area contributed by atoms with E-state index in [0.29, 0.717) is 5.69 Å². The van der Waals surface area contributed by atoms with Gasteiger partial charge in [0.25, 0.3) is 0 Å². The van der Waals surface area contributed by atoms with E-state index in [0.717, 1.165) is 11.3 Å². The summed E-state index contributed by atoms with van der Waals surface area (Å²) in [7, 11) is 0. The Morgan fingerprint density at radius 3 is 2.67 bits per heavy atom. The van der Waals surface area contributed by atoms with Gasteiger partial charge in [0.1, 0.15) is 11.4 Å². The molecule has 0 unspecified atom stereocenters. The van der Waals surface area contributed by atoms with Crippen LogP contribution in [0.5, 0.6) is 5.75 Å². The molecule has 0 amide bonds. The van der Waals surface area contributed by atoms with Crippen molar-refractivity contribution in [3.8, 4) is 11.4 Å². The number of benzene rings is 1. The van der Waals surface area contributed by atoms with Crippen LogP contribution in [0.1, 0.15) is 12.6 Å². The maximum atomic E-state index is 10.9. The van der Waals surface area contributed by atoms with Crippen molar-refractivity contribution in [1.82, 2.24) is 15.0 Å². The molecule has 5 heteroatoms. The van der Waals surface area contributed by atoms with E-state index < -0.39 is 0 Å². The summed E-state index contributed by atoms with van der Waals surface area (Å²) in [5, 5.41) is 17.4. The van der Waals surface area contributed by atoms with Crippen LogP contribution in [0, 0.1) is 0 Å². The molecular formula is C16H15N3O2. The molecule has 21 heavy (non-hydrogen) atoms. The zero-order chi connectivity index (χ0) is 15.2. The van der Waals surface area contributed by atoms with E-state index in [2.05, 4.69) is 16.9 Å². The molecule has 0 bridgehead atoms. The first-order chi connectivity index (χ1) is 10.1.